The van der Waals surface area contributed by atoms with Gasteiger partial charge in [-0.15, -0.1) is 0 Å². The molecule has 24 heavy (non-hydrogen) atoms. The minimum Gasteiger partial charge on any atom is -0.478 e. The van der Waals surface area contributed by atoms with E-state index in [4.69, 9.17) is 4.74 Å². The second-order valence-electron chi connectivity index (χ2n) is 5.91. The molecule has 0 aliphatic heterocycles. The van der Waals surface area contributed by atoms with Gasteiger partial charge in [-0.1, -0.05) is 34.1 Å². The second kappa shape index (κ2) is 6.14. The number of para-hydroxylation sites is 1. The molecule has 1 heterocycles. The summed E-state index contributed by atoms with van der Waals surface area (Å²) >= 11 is 3.37. The van der Waals surface area contributed by atoms with Crippen LogP contribution < -0.4 is 4.74 Å². The van der Waals surface area contributed by atoms with Crippen molar-refractivity contribution in [1.82, 2.24) is 4.57 Å². The number of fused-ring (bicyclic) bond motifs is 1. The highest BCUT2D eigenvalue weighted by Crippen LogP contribution is 2.26. The summed E-state index contributed by atoms with van der Waals surface area (Å²) in [5, 5.41) is 10.0. The molecule has 0 unspecified atom stereocenters. The topological polar surface area (TPSA) is 55.0 Å². The largest absolute Gasteiger partial charge is 0.478 e. The van der Waals surface area contributed by atoms with Crippen LogP contribution >= 0.6 is 15.9 Å². The van der Waals surface area contributed by atoms with E-state index < -0.39 is 5.60 Å². The highest BCUT2D eigenvalue weighted by atomic mass is 79.9. The lowest BCUT2D eigenvalue weighted by Crippen LogP contribution is -2.41. The van der Waals surface area contributed by atoms with Crippen LogP contribution in [0.3, 0.4) is 0 Å². The summed E-state index contributed by atoms with van der Waals surface area (Å²) in [4.78, 5) is 13.0. The van der Waals surface area contributed by atoms with Crippen LogP contribution in [-0.4, -0.2) is 16.1 Å². The summed E-state index contributed by atoms with van der Waals surface area (Å²) in [7, 11) is 0. The molecule has 0 aliphatic rings. The Morgan fingerprint density at radius 3 is 2.50 bits per heavy atom. The zero-order chi connectivity index (χ0) is 17.3. The van der Waals surface area contributed by atoms with Crippen LogP contribution in [0.25, 0.3) is 10.9 Å². The summed E-state index contributed by atoms with van der Waals surface area (Å²) in [5.41, 5.74) is 0.0902. The predicted molar refractivity (Wildman–Crippen MR) is 96.1 cm³/mol. The molecule has 0 atom stereocenters. The van der Waals surface area contributed by atoms with E-state index in [1.165, 1.54) is 4.57 Å². The average molecular weight is 383 g/mol. The zero-order valence-electron chi connectivity index (χ0n) is 13.3. The number of nitriles is 1. The van der Waals surface area contributed by atoms with E-state index in [0.29, 0.717) is 16.8 Å². The summed E-state index contributed by atoms with van der Waals surface area (Å²) in [6.45, 7) is 3.44. The van der Waals surface area contributed by atoms with Gasteiger partial charge in [-0.05, 0) is 44.2 Å². The molecule has 0 amide bonds. The van der Waals surface area contributed by atoms with Crippen molar-refractivity contribution in [2.24, 2.45) is 0 Å². The van der Waals surface area contributed by atoms with Crippen LogP contribution in [0, 0.1) is 11.3 Å². The van der Waals surface area contributed by atoms with Gasteiger partial charge in [0.25, 0.3) is 5.91 Å². The van der Waals surface area contributed by atoms with E-state index in [-0.39, 0.29) is 5.91 Å². The van der Waals surface area contributed by atoms with Gasteiger partial charge in [0.15, 0.2) is 5.60 Å². The first-order valence-electron chi connectivity index (χ1n) is 7.42. The van der Waals surface area contributed by atoms with Crippen LogP contribution in [0.1, 0.15) is 24.2 Å². The van der Waals surface area contributed by atoms with Gasteiger partial charge in [0, 0.05) is 16.1 Å². The Balaban J connectivity index is 1.98. The van der Waals surface area contributed by atoms with E-state index in [1.807, 2.05) is 36.4 Å². The number of aromatic nitrogens is 1. The first-order valence-corrected chi connectivity index (χ1v) is 8.21. The van der Waals surface area contributed by atoms with E-state index in [2.05, 4.69) is 22.0 Å². The molecule has 3 aromatic rings. The Labute approximate surface area is 148 Å². The summed E-state index contributed by atoms with van der Waals surface area (Å²) in [6.07, 6.45) is 1.57. The standard InChI is InChI=1S/C19H15BrN2O2/c1-19(2,24-15-9-7-14(20)8-10-15)18(23)22-12-13(11-21)16-5-3-4-6-17(16)22/h3-10,12H,1-2H3. The molecule has 0 aliphatic carbocycles. The lowest BCUT2D eigenvalue weighted by Gasteiger charge is -2.25. The Morgan fingerprint density at radius 1 is 1.17 bits per heavy atom. The average Bonchev–Trinajstić information content (AvgIpc) is 2.95. The summed E-state index contributed by atoms with van der Waals surface area (Å²) in [6, 6.07) is 16.8. The minimum absolute atomic E-state index is 0.233. The summed E-state index contributed by atoms with van der Waals surface area (Å²) < 4.78 is 8.32. The highest BCUT2D eigenvalue weighted by Gasteiger charge is 2.32. The fourth-order valence-corrected chi connectivity index (χ4v) is 2.83. The van der Waals surface area contributed by atoms with Crippen LogP contribution in [0.15, 0.2) is 59.2 Å². The van der Waals surface area contributed by atoms with Crippen molar-refractivity contribution in [3.63, 3.8) is 0 Å². The minimum atomic E-state index is -1.08. The van der Waals surface area contributed by atoms with Crippen molar-refractivity contribution >= 4 is 32.7 Å². The molecule has 120 valence electrons. The predicted octanol–water partition coefficient (Wildman–Crippen LogP) is 4.77. The lowest BCUT2D eigenvalue weighted by atomic mass is 10.1. The fourth-order valence-electron chi connectivity index (χ4n) is 2.57. The maximum atomic E-state index is 13.0. The van der Waals surface area contributed by atoms with Crippen molar-refractivity contribution < 1.29 is 9.53 Å². The molecule has 5 heteroatoms. The lowest BCUT2D eigenvalue weighted by molar-refractivity contribution is 0.0494. The van der Waals surface area contributed by atoms with E-state index >= 15 is 0 Å². The molecule has 0 bridgehead atoms. The van der Waals surface area contributed by atoms with Gasteiger partial charge in [0.1, 0.15) is 11.8 Å². The Morgan fingerprint density at radius 2 is 1.83 bits per heavy atom. The van der Waals surface area contributed by atoms with Crippen LogP contribution in [0.4, 0.5) is 0 Å². The van der Waals surface area contributed by atoms with Crippen molar-refractivity contribution in [3.05, 3.63) is 64.8 Å². The van der Waals surface area contributed by atoms with Crippen LogP contribution in [0.2, 0.25) is 0 Å². The van der Waals surface area contributed by atoms with Gasteiger partial charge in [-0.2, -0.15) is 5.26 Å². The van der Waals surface area contributed by atoms with Crippen molar-refractivity contribution in [2.45, 2.75) is 19.4 Å². The molecule has 0 radical (unpaired) electrons. The van der Waals surface area contributed by atoms with Gasteiger partial charge in [-0.3, -0.25) is 9.36 Å². The third kappa shape index (κ3) is 2.93. The summed E-state index contributed by atoms with van der Waals surface area (Å²) in [5.74, 6) is 0.372. The smallest absolute Gasteiger partial charge is 0.274 e. The molecule has 4 nitrogen and oxygen atoms in total. The van der Waals surface area contributed by atoms with Crippen molar-refractivity contribution in [3.8, 4) is 11.8 Å². The number of carbonyl (C=O) groups excluding carboxylic acids is 1. The normalized spacial score (nSPS) is 11.2. The van der Waals surface area contributed by atoms with Gasteiger partial charge >= 0.3 is 0 Å². The molecule has 2 aromatic carbocycles. The Kier molecular flexibility index (Phi) is 4.16. The third-order valence-corrected chi connectivity index (χ3v) is 4.28. The maximum Gasteiger partial charge on any atom is 0.274 e. The number of hydrogen-bond acceptors (Lipinski definition) is 3. The number of halogens is 1. The highest BCUT2D eigenvalue weighted by molar-refractivity contribution is 9.10. The molecule has 0 saturated carbocycles. The Hall–Kier alpha value is -2.58. The third-order valence-electron chi connectivity index (χ3n) is 3.75. The zero-order valence-corrected chi connectivity index (χ0v) is 14.9. The SMILES string of the molecule is CC(C)(Oc1ccc(Br)cc1)C(=O)n1cc(C#N)c2ccccc21. The van der Waals surface area contributed by atoms with Crippen molar-refractivity contribution in [1.29, 1.82) is 5.26 Å². The van der Waals surface area contributed by atoms with E-state index in [9.17, 15) is 10.1 Å². The first-order chi connectivity index (χ1) is 11.4. The van der Waals surface area contributed by atoms with E-state index in [0.717, 1.165) is 9.86 Å². The second-order valence-corrected chi connectivity index (χ2v) is 6.83. The molecule has 3 rings (SSSR count). The van der Waals surface area contributed by atoms with Crippen LogP contribution in [-0.2, 0) is 0 Å². The number of hydrogen-bond donors (Lipinski definition) is 0. The number of carbonyl (C=O) groups is 1. The van der Waals surface area contributed by atoms with Crippen molar-refractivity contribution in [2.75, 3.05) is 0 Å². The maximum absolute atomic E-state index is 13.0. The molecule has 1 aromatic heterocycles. The number of ether oxygens (including phenoxy) is 1. The Bertz CT molecular complexity index is 950. The fraction of sp³-hybridized carbons (Fsp3) is 0.158. The molecule has 0 saturated heterocycles. The molecule has 0 fully saturated rings. The number of nitrogens with zero attached hydrogens (tertiary/aromatic N) is 2. The van der Waals surface area contributed by atoms with Gasteiger partial charge in [0.2, 0.25) is 0 Å². The van der Waals surface area contributed by atoms with Crippen LogP contribution in [0.5, 0.6) is 5.75 Å². The molecular weight excluding hydrogens is 368 g/mol. The molecule has 0 N–H and O–H groups in total. The van der Waals surface area contributed by atoms with Gasteiger partial charge in [0.05, 0.1) is 11.1 Å². The van der Waals surface area contributed by atoms with Gasteiger partial charge in [-0.25, -0.2) is 0 Å². The van der Waals surface area contributed by atoms with Gasteiger partial charge < -0.3 is 4.74 Å². The van der Waals surface area contributed by atoms with E-state index in [1.54, 1.807) is 32.2 Å². The number of rotatable bonds is 3. The monoisotopic (exact) mass is 382 g/mol. The first kappa shape index (κ1) is 16.3. The number of benzene rings is 2. The quantitative estimate of drug-likeness (QED) is 0.655. The molecule has 0 spiro atoms. The molecular formula is C19H15BrN2O2.